The topological polar surface area (TPSA) is 12.5 Å². The van der Waals surface area contributed by atoms with E-state index in [1.807, 2.05) is 6.08 Å². The molecular weight excluding hydrogens is 232 g/mol. The van der Waals surface area contributed by atoms with Gasteiger partial charge in [0.25, 0.3) is 0 Å². The lowest BCUT2D eigenvalue weighted by Gasteiger charge is -1.99. The zero-order chi connectivity index (χ0) is 13.8. The van der Waals surface area contributed by atoms with Crippen LogP contribution in [0.5, 0.6) is 0 Å². The van der Waals surface area contributed by atoms with Crippen molar-refractivity contribution >= 4 is 0 Å². The van der Waals surface area contributed by atoms with Gasteiger partial charge in [-0.3, -0.25) is 0 Å². The van der Waals surface area contributed by atoms with Crippen LogP contribution in [0.25, 0.3) is 0 Å². The third kappa shape index (κ3) is 9.27. The number of unbranched alkanes of at least 4 members (excludes halogenated alkanes) is 9. The van der Waals surface area contributed by atoms with Gasteiger partial charge in [0, 0.05) is 0 Å². The zero-order valence-electron chi connectivity index (χ0n) is 13.0. The Hall–Kier alpha value is -0.300. The van der Waals surface area contributed by atoms with Crippen LogP contribution in [0.2, 0.25) is 0 Å². The lowest BCUT2D eigenvalue weighted by atomic mass is 10.0. The number of epoxide rings is 1. The summed E-state index contributed by atoms with van der Waals surface area (Å²) in [7, 11) is 0. The molecule has 0 aromatic carbocycles. The Labute approximate surface area is 120 Å². The third-order valence-electron chi connectivity index (χ3n) is 4.18. The van der Waals surface area contributed by atoms with Gasteiger partial charge >= 0.3 is 0 Å². The summed E-state index contributed by atoms with van der Waals surface area (Å²) in [5.74, 6) is 0. The summed E-state index contributed by atoms with van der Waals surface area (Å²) in [6, 6.07) is 0. The average Bonchev–Trinajstić information content (AvgIpc) is 3.16. The van der Waals surface area contributed by atoms with Crippen molar-refractivity contribution in [3.05, 3.63) is 12.7 Å². The molecule has 1 fully saturated rings. The predicted octanol–water partition coefficient (Wildman–Crippen LogP) is 6.03. The molecule has 19 heavy (non-hydrogen) atoms. The average molecular weight is 266 g/mol. The number of ether oxygens (including phenoxy) is 1. The monoisotopic (exact) mass is 266 g/mol. The summed E-state index contributed by atoms with van der Waals surface area (Å²) in [6.45, 7) is 6.04. The van der Waals surface area contributed by atoms with E-state index in [1.54, 1.807) is 0 Å². The molecule has 1 aliphatic heterocycles. The van der Waals surface area contributed by atoms with Gasteiger partial charge in [0.15, 0.2) is 0 Å². The fourth-order valence-electron chi connectivity index (χ4n) is 2.80. The van der Waals surface area contributed by atoms with E-state index in [2.05, 4.69) is 13.5 Å². The van der Waals surface area contributed by atoms with E-state index in [-0.39, 0.29) is 0 Å². The fourth-order valence-corrected chi connectivity index (χ4v) is 2.80. The van der Waals surface area contributed by atoms with Crippen LogP contribution in [-0.4, -0.2) is 12.2 Å². The second kappa shape index (κ2) is 11.5. The van der Waals surface area contributed by atoms with Crippen molar-refractivity contribution < 1.29 is 4.74 Å². The van der Waals surface area contributed by atoms with Gasteiger partial charge in [-0.2, -0.15) is 0 Å². The first-order chi connectivity index (χ1) is 9.38. The van der Waals surface area contributed by atoms with Gasteiger partial charge in [0.2, 0.25) is 0 Å². The molecule has 1 aliphatic rings. The Bertz CT molecular complexity index is 212. The first-order valence-corrected chi connectivity index (χ1v) is 8.64. The maximum Gasteiger partial charge on any atom is 0.0841 e. The molecule has 0 aromatic heterocycles. The van der Waals surface area contributed by atoms with E-state index in [0.717, 1.165) is 0 Å². The quantitative estimate of drug-likeness (QED) is 0.212. The molecule has 1 nitrogen and oxygen atoms in total. The molecular formula is C18H34O. The molecule has 0 aliphatic carbocycles. The van der Waals surface area contributed by atoms with Crippen molar-refractivity contribution in [3.63, 3.8) is 0 Å². The predicted molar refractivity (Wildman–Crippen MR) is 84.6 cm³/mol. The van der Waals surface area contributed by atoms with Gasteiger partial charge in [-0.25, -0.2) is 0 Å². The van der Waals surface area contributed by atoms with E-state index >= 15 is 0 Å². The van der Waals surface area contributed by atoms with Crippen molar-refractivity contribution in [2.24, 2.45) is 0 Å². The SMILES string of the molecule is C=CCCCCCCC1OC1CCCCCCCC. The Balaban J connectivity index is 1.77. The van der Waals surface area contributed by atoms with Crippen LogP contribution < -0.4 is 0 Å². The maximum absolute atomic E-state index is 5.76. The van der Waals surface area contributed by atoms with Crippen molar-refractivity contribution in [2.45, 2.75) is 103 Å². The van der Waals surface area contributed by atoms with E-state index in [4.69, 9.17) is 4.74 Å². The van der Waals surface area contributed by atoms with Crippen LogP contribution in [0.3, 0.4) is 0 Å². The van der Waals surface area contributed by atoms with Crippen molar-refractivity contribution in [1.82, 2.24) is 0 Å². The van der Waals surface area contributed by atoms with E-state index in [0.29, 0.717) is 12.2 Å². The van der Waals surface area contributed by atoms with Crippen molar-refractivity contribution in [1.29, 1.82) is 0 Å². The van der Waals surface area contributed by atoms with Gasteiger partial charge in [-0.05, 0) is 25.7 Å². The third-order valence-corrected chi connectivity index (χ3v) is 4.18. The summed E-state index contributed by atoms with van der Waals surface area (Å²) in [6.07, 6.45) is 20.9. The normalized spacial score (nSPS) is 21.5. The van der Waals surface area contributed by atoms with Crippen LogP contribution in [-0.2, 0) is 4.74 Å². The lowest BCUT2D eigenvalue weighted by Crippen LogP contribution is -1.94. The highest BCUT2D eigenvalue weighted by atomic mass is 16.6. The van der Waals surface area contributed by atoms with Gasteiger partial charge in [-0.1, -0.05) is 70.8 Å². The fraction of sp³-hybridized carbons (Fsp3) is 0.889. The molecule has 2 unspecified atom stereocenters. The second-order valence-corrected chi connectivity index (χ2v) is 6.05. The molecule has 0 bridgehead atoms. The van der Waals surface area contributed by atoms with Crippen LogP contribution in [0.15, 0.2) is 12.7 Å². The minimum Gasteiger partial charge on any atom is -0.370 e. The molecule has 0 aromatic rings. The highest BCUT2D eigenvalue weighted by Crippen LogP contribution is 2.31. The van der Waals surface area contributed by atoms with Gasteiger partial charge < -0.3 is 4.74 Å². The summed E-state index contributed by atoms with van der Waals surface area (Å²) in [5.41, 5.74) is 0. The lowest BCUT2D eigenvalue weighted by molar-refractivity contribution is 0.347. The largest absolute Gasteiger partial charge is 0.370 e. The summed E-state index contributed by atoms with van der Waals surface area (Å²) in [4.78, 5) is 0. The molecule has 0 N–H and O–H groups in total. The second-order valence-electron chi connectivity index (χ2n) is 6.05. The smallest absolute Gasteiger partial charge is 0.0841 e. The molecule has 2 atom stereocenters. The summed E-state index contributed by atoms with van der Waals surface area (Å²) >= 11 is 0. The molecule has 1 rings (SSSR count). The molecule has 1 heterocycles. The highest BCUT2D eigenvalue weighted by molar-refractivity contribution is 4.84. The van der Waals surface area contributed by atoms with Crippen molar-refractivity contribution in [2.75, 3.05) is 0 Å². The molecule has 0 spiro atoms. The van der Waals surface area contributed by atoms with Crippen LogP contribution >= 0.6 is 0 Å². The summed E-state index contributed by atoms with van der Waals surface area (Å²) in [5, 5.41) is 0. The molecule has 112 valence electrons. The molecule has 0 amide bonds. The van der Waals surface area contributed by atoms with E-state index in [9.17, 15) is 0 Å². The Kier molecular flexibility index (Phi) is 10.2. The first kappa shape index (κ1) is 16.8. The zero-order valence-corrected chi connectivity index (χ0v) is 13.0. The number of allylic oxidation sites excluding steroid dienone is 1. The Morgan fingerprint density at radius 2 is 1.32 bits per heavy atom. The minimum absolute atomic E-state index is 0.620. The van der Waals surface area contributed by atoms with Gasteiger partial charge in [0.1, 0.15) is 0 Å². The number of rotatable bonds is 14. The number of hydrogen-bond acceptors (Lipinski definition) is 1. The van der Waals surface area contributed by atoms with Crippen molar-refractivity contribution in [3.8, 4) is 0 Å². The van der Waals surface area contributed by atoms with E-state index in [1.165, 1.54) is 83.5 Å². The molecule has 1 heteroatoms. The van der Waals surface area contributed by atoms with Crippen LogP contribution in [0.4, 0.5) is 0 Å². The van der Waals surface area contributed by atoms with Crippen LogP contribution in [0, 0.1) is 0 Å². The highest BCUT2D eigenvalue weighted by Gasteiger charge is 2.36. The van der Waals surface area contributed by atoms with E-state index < -0.39 is 0 Å². The Morgan fingerprint density at radius 1 is 0.789 bits per heavy atom. The molecule has 1 saturated heterocycles. The van der Waals surface area contributed by atoms with Gasteiger partial charge in [0.05, 0.1) is 12.2 Å². The number of hydrogen-bond donors (Lipinski definition) is 0. The van der Waals surface area contributed by atoms with Gasteiger partial charge in [-0.15, -0.1) is 6.58 Å². The first-order valence-electron chi connectivity index (χ1n) is 8.64. The summed E-state index contributed by atoms with van der Waals surface area (Å²) < 4.78 is 5.76. The minimum atomic E-state index is 0.620. The van der Waals surface area contributed by atoms with Crippen LogP contribution in [0.1, 0.15) is 90.4 Å². The molecule has 0 radical (unpaired) electrons. The molecule has 0 saturated carbocycles. The standard InChI is InChI=1S/C18H34O/c1-3-5-7-9-11-13-15-17-18(19-17)16-14-12-10-8-6-4-2/h3,17-18H,1,4-16H2,2H3. The maximum atomic E-state index is 5.76. The Morgan fingerprint density at radius 3 is 1.89 bits per heavy atom.